The highest BCUT2D eigenvalue weighted by Crippen LogP contribution is 2.26. The molecule has 0 aromatic heterocycles. The van der Waals surface area contributed by atoms with E-state index in [0.717, 1.165) is 5.69 Å². The molecule has 2 aromatic rings. The summed E-state index contributed by atoms with van der Waals surface area (Å²) < 4.78 is 40.7. The van der Waals surface area contributed by atoms with Gasteiger partial charge in [-0.15, -0.1) is 13.2 Å². The van der Waals surface area contributed by atoms with Gasteiger partial charge in [-0.25, -0.2) is 5.43 Å². The van der Waals surface area contributed by atoms with Gasteiger partial charge in [0, 0.05) is 17.8 Å². The first-order valence-electron chi connectivity index (χ1n) is 5.92. The molecule has 0 fully saturated rings. The maximum atomic E-state index is 12.3. The molecule has 0 radical (unpaired) electrons. The molecule has 0 spiro atoms. The monoisotopic (exact) mass is 282 g/mol. The minimum Gasteiger partial charge on any atom is -0.405 e. The summed E-state index contributed by atoms with van der Waals surface area (Å²) >= 11 is 0. The van der Waals surface area contributed by atoms with Crippen LogP contribution in [0.2, 0.25) is 0 Å². The molecule has 2 aromatic carbocycles. The van der Waals surface area contributed by atoms with Gasteiger partial charge in [0.15, 0.2) is 0 Å². The molecule has 0 atom stereocenters. The van der Waals surface area contributed by atoms with Crippen LogP contribution in [0.15, 0.2) is 54.6 Å². The minimum absolute atomic E-state index is 0.196. The number of halogens is 3. The molecule has 0 unspecified atom stereocenters. The minimum atomic E-state index is -4.69. The van der Waals surface area contributed by atoms with E-state index in [1.165, 1.54) is 12.1 Å². The van der Waals surface area contributed by atoms with Gasteiger partial charge in [-0.3, -0.25) is 0 Å². The van der Waals surface area contributed by atoms with Crippen LogP contribution in [0.5, 0.6) is 5.75 Å². The van der Waals surface area contributed by atoms with E-state index in [1.807, 2.05) is 30.3 Å². The zero-order chi connectivity index (χ0) is 14.4. The number of rotatable bonds is 5. The fourth-order valence-corrected chi connectivity index (χ4v) is 1.64. The van der Waals surface area contributed by atoms with E-state index >= 15 is 0 Å². The van der Waals surface area contributed by atoms with Crippen molar-refractivity contribution in [1.82, 2.24) is 5.43 Å². The van der Waals surface area contributed by atoms with Gasteiger partial charge >= 0.3 is 6.36 Å². The van der Waals surface area contributed by atoms with E-state index in [9.17, 15) is 13.2 Å². The molecule has 0 heterocycles. The van der Waals surface area contributed by atoms with Gasteiger partial charge < -0.3 is 10.2 Å². The second-order valence-electron chi connectivity index (χ2n) is 4.00. The number of nitrogens with one attached hydrogen (secondary N) is 2. The Kier molecular flexibility index (Phi) is 4.47. The van der Waals surface area contributed by atoms with Crippen molar-refractivity contribution >= 4 is 5.69 Å². The topological polar surface area (TPSA) is 33.3 Å². The second kappa shape index (κ2) is 6.29. The van der Waals surface area contributed by atoms with Crippen LogP contribution in [0.25, 0.3) is 0 Å². The lowest BCUT2D eigenvalue weighted by molar-refractivity contribution is -0.274. The largest absolute Gasteiger partial charge is 0.573 e. The molecule has 0 amide bonds. The fraction of sp³-hybridized carbons (Fsp3) is 0.143. The summed E-state index contributed by atoms with van der Waals surface area (Å²) in [6, 6.07) is 15.3. The summed E-state index contributed by atoms with van der Waals surface area (Å²) in [5, 5.41) is 0. The smallest absolute Gasteiger partial charge is 0.405 e. The molecule has 2 rings (SSSR count). The molecule has 20 heavy (non-hydrogen) atoms. The molecule has 0 aliphatic carbocycles. The van der Waals surface area contributed by atoms with E-state index in [-0.39, 0.29) is 12.3 Å². The summed E-state index contributed by atoms with van der Waals surface area (Å²) in [5.74, 6) is -0.206. The predicted molar refractivity (Wildman–Crippen MR) is 70.0 cm³/mol. The molecule has 0 saturated heterocycles. The van der Waals surface area contributed by atoms with Crippen LogP contribution in [0.3, 0.4) is 0 Å². The normalized spacial score (nSPS) is 11.2. The average molecular weight is 282 g/mol. The van der Waals surface area contributed by atoms with Crippen LogP contribution in [0, 0.1) is 0 Å². The third kappa shape index (κ3) is 4.47. The van der Waals surface area contributed by atoms with Gasteiger partial charge in [0.05, 0.1) is 0 Å². The lowest BCUT2D eigenvalue weighted by Gasteiger charge is -2.14. The van der Waals surface area contributed by atoms with Gasteiger partial charge in [-0.1, -0.05) is 36.4 Å². The number of benzene rings is 2. The lowest BCUT2D eigenvalue weighted by atomic mass is 10.2. The fourth-order valence-electron chi connectivity index (χ4n) is 1.64. The van der Waals surface area contributed by atoms with Crippen molar-refractivity contribution in [2.75, 3.05) is 5.43 Å². The summed E-state index contributed by atoms with van der Waals surface area (Å²) in [7, 11) is 0. The molecule has 2 N–H and O–H groups in total. The van der Waals surface area contributed by atoms with E-state index in [2.05, 4.69) is 15.6 Å². The number of hydrogen-bond donors (Lipinski definition) is 2. The van der Waals surface area contributed by atoms with Crippen LogP contribution < -0.4 is 15.6 Å². The number of anilines is 1. The van der Waals surface area contributed by atoms with Gasteiger partial charge in [-0.05, 0) is 18.2 Å². The Hall–Kier alpha value is -2.21. The Morgan fingerprint density at radius 2 is 1.55 bits per heavy atom. The molecule has 0 bridgehead atoms. The van der Waals surface area contributed by atoms with Gasteiger partial charge in [0.1, 0.15) is 5.75 Å². The molecule has 0 saturated carbocycles. The average Bonchev–Trinajstić information content (AvgIpc) is 2.40. The number of hydrogen-bond acceptors (Lipinski definition) is 3. The van der Waals surface area contributed by atoms with Crippen molar-refractivity contribution in [3.63, 3.8) is 0 Å². The third-order valence-electron chi connectivity index (χ3n) is 2.48. The highest BCUT2D eigenvalue weighted by molar-refractivity contribution is 5.41. The maximum Gasteiger partial charge on any atom is 0.573 e. The summed E-state index contributed by atoms with van der Waals surface area (Å²) in [6.07, 6.45) is -4.69. The van der Waals surface area contributed by atoms with Crippen LogP contribution in [-0.4, -0.2) is 6.36 Å². The van der Waals surface area contributed by atoms with E-state index < -0.39 is 6.36 Å². The molecular weight excluding hydrogens is 269 g/mol. The van der Waals surface area contributed by atoms with Crippen molar-refractivity contribution < 1.29 is 17.9 Å². The van der Waals surface area contributed by atoms with E-state index in [4.69, 9.17) is 0 Å². The predicted octanol–water partition coefficient (Wildman–Crippen LogP) is 3.70. The highest BCUT2D eigenvalue weighted by atomic mass is 19.4. The molecular formula is C14H13F3N2O. The first-order chi connectivity index (χ1) is 9.54. The maximum absolute atomic E-state index is 12.3. The third-order valence-corrected chi connectivity index (χ3v) is 2.48. The van der Waals surface area contributed by atoms with Crippen molar-refractivity contribution in [1.29, 1.82) is 0 Å². The van der Waals surface area contributed by atoms with Gasteiger partial charge in [0.2, 0.25) is 0 Å². The van der Waals surface area contributed by atoms with Crippen molar-refractivity contribution in [3.05, 3.63) is 60.2 Å². The zero-order valence-electron chi connectivity index (χ0n) is 10.4. The Labute approximate surface area is 114 Å². The van der Waals surface area contributed by atoms with E-state index in [0.29, 0.717) is 5.56 Å². The molecule has 6 heteroatoms. The van der Waals surface area contributed by atoms with Crippen LogP contribution in [0.1, 0.15) is 5.56 Å². The summed E-state index contributed by atoms with van der Waals surface area (Å²) in [6.45, 7) is 0.196. The Balaban J connectivity index is 1.96. The SMILES string of the molecule is FC(F)(F)Oc1ccccc1CNNc1ccccc1. The standard InChI is InChI=1S/C14H13F3N2O/c15-14(16,17)20-13-9-5-4-6-11(13)10-18-19-12-7-2-1-3-8-12/h1-9,18-19H,10H2. The first kappa shape index (κ1) is 14.2. The number of hydrazine groups is 1. The Morgan fingerprint density at radius 3 is 2.25 bits per heavy atom. The highest BCUT2D eigenvalue weighted by Gasteiger charge is 2.31. The summed E-state index contributed by atoms with van der Waals surface area (Å²) in [4.78, 5) is 0. The van der Waals surface area contributed by atoms with Gasteiger partial charge in [0.25, 0.3) is 0 Å². The second-order valence-corrected chi connectivity index (χ2v) is 4.00. The number of alkyl halides is 3. The van der Waals surface area contributed by atoms with Crippen molar-refractivity contribution in [3.8, 4) is 5.75 Å². The van der Waals surface area contributed by atoms with E-state index in [1.54, 1.807) is 12.1 Å². The number of ether oxygens (including phenoxy) is 1. The van der Waals surface area contributed by atoms with Gasteiger partial charge in [-0.2, -0.15) is 0 Å². The Bertz CT molecular complexity index is 544. The first-order valence-corrected chi connectivity index (χ1v) is 5.92. The van der Waals surface area contributed by atoms with Crippen LogP contribution in [-0.2, 0) is 6.54 Å². The van der Waals surface area contributed by atoms with Crippen LogP contribution in [0.4, 0.5) is 18.9 Å². The molecule has 0 aliphatic heterocycles. The summed E-state index contributed by atoms with van der Waals surface area (Å²) in [5.41, 5.74) is 6.97. The van der Waals surface area contributed by atoms with Crippen molar-refractivity contribution in [2.45, 2.75) is 12.9 Å². The van der Waals surface area contributed by atoms with Crippen molar-refractivity contribution in [2.24, 2.45) is 0 Å². The molecule has 106 valence electrons. The Morgan fingerprint density at radius 1 is 0.900 bits per heavy atom. The molecule has 0 aliphatic rings. The number of para-hydroxylation sites is 2. The zero-order valence-corrected chi connectivity index (χ0v) is 10.4. The van der Waals surface area contributed by atoms with Crippen LogP contribution >= 0.6 is 0 Å². The lowest BCUT2D eigenvalue weighted by Crippen LogP contribution is -2.23. The molecule has 3 nitrogen and oxygen atoms in total. The quantitative estimate of drug-likeness (QED) is 0.820.